The van der Waals surface area contributed by atoms with Crippen LogP contribution in [0.25, 0.3) is 0 Å². The molecule has 7 nitrogen and oxygen atoms in total. The average molecular weight is 486 g/mol. The highest BCUT2D eigenvalue weighted by Crippen LogP contribution is 2.36. The summed E-state index contributed by atoms with van der Waals surface area (Å²) in [6, 6.07) is 13.1. The second kappa shape index (κ2) is 11.0. The summed E-state index contributed by atoms with van der Waals surface area (Å²) in [7, 11) is 0. The monoisotopic (exact) mass is 485 g/mol. The van der Waals surface area contributed by atoms with Crippen molar-refractivity contribution in [3.05, 3.63) is 53.1 Å². The predicted molar refractivity (Wildman–Crippen MR) is 133 cm³/mol. The van der Waals surface area contributed by atoms with Gasteiger partial charge < -0.3 is 19.7 Å². The molecule has 0 aromatic heterocycles. The van der Waals surface area contributed by atoms with Gasteiger partial charge in [-0.1, -0.05) is 30.7 Å². The number of benzene rings is 2. The van der Waals surface area contributed by atoms with Gasteiger partial charge in [-0.3, -0.25) is 9.69 Å². The largest absolute Gasteiger partial charge is 0.494 e. The van der Waals surface area contributed by atoms with Gasteiger partial charge in [-0.05, 0) is 62.1 Å². The Balaban J connectivity index is 1.28. The molecule has 2 aromatic carbocycles. The van der Waals surface area contributed by atoms with Crippen LogP contribution in [0.5, 0.6) is 11.5 Å². The first-order valence-electron chi connectivity index (χ1n) is 12.0. The Morgan fingerprint density at radius 3 is 2.59 bits per heavy atom. The molecule has 0 radical (unpaired) electrons. The smallest absolute Gasteiger partial charge is 0.324 e. The maximum atomic E-state index is 13.3. The van der Waals surface area contributed by atoms with Gasteiger partial charge in [-0.15, -0.1) is 0 Å². The molecule has 0 aliphatic carbocycles. The highest BCUT2D eigenvalue weighted by atomic mass is 35.5. The Bertz CT molecular complexity index is 1010. The number of carbonyl (C=O) groups is 2. The SMILES string of the molecule is CCCOc1ccc(CNC(=O)C2CCN(C(=O)N3C[C@@H](C)Oc4ccc(Cl)cc43)CC2)cc1. The number of halogens is 1. The topological polar surface area (TPSA) is 71.1 Å². The van der Waals surface area contributed by atoms with E-state index in [0.29, 0.717) is 62.1 Å². The van der Waals surface area contributed by atoms with E-state index in [9.17, 15) is 9.59 Å². The average Bonchev–Trinajstić information content (AvgIpc) is 2.86. The highest BCUT2D eigenvalue weighted by molar-refractivity contribution is 6.31. The third-order valence-electron chi connectivity index (χ3n) is 6.21. The lowest BCUT2D eigenvalue weighted by Gasteiger charge is -2.39. The molecule has 1 fully saturated rings. The third-order valence-corrected chi connectivity index (χ3v) is 6.44. The highest BCUT2D eigenvalue weighted by Gasteiger charge is 2.34. The van der Waals surface area contributed by atoms with Crippen LogP contribution < -0.4 is 19.7 Å². The Kier molecular flexibility index (Phi) is 7.83. The summed E-state index contributed by atoms with van der Waals surface area (Å²) in [6.07, 6.45) is 2.15. The van der Waals surface area contributed by atoms with E-state index < -0.39 is 0 Å². The van der Waals surface area contributed by atoms with Crippen LogP contribution in [0.1, 0.15) is 38.7 Å². The van der Waals surface area contributed by atoms with Crippen molar-refractivity contribution < 1.29 is 19.1 Å². The van der Waals surface area contributed by atoms with Gasteiger partial charge in [0.05, 0.1) is 18.8 Å². The van der Waals surface area contributed by atoms with Crippen molar-refractivity contribution in [2.45, 2.75) is 45.8 Å². The number of piperidine rings is 1. The number of ether oxygens (including phenoxy) is 2. The molecule has 0 unspecified atom stereocenters. The lowest BCUT2D eigenvalue weighted by molar-refractivity contribution is -0.126. The maximum absolute atomic E-state index is 13.3. The lowest BCUT2D eigenvalue weighted by atomic mass is 9.96. The van der Waals surface area contributed by atoms with E-state index in [2.05, 4.69) is 12.2 Å². The van der Waals surface area contributed by atoms with Gasteiger partial charge in [0.15, 0.2) is 0 Å². The Labute approximate surface area is 206 Å². The summed E-state index contributed by atoms with van der Waals surface area (Å²) in [4.78, 5) is 29.6. The minimum absolute atomic E-state index is 0.0375. The van der Waals surface area contributed by atoms with Crippen molar-refractivity contribution in [2.75, 3.05) is 31.1 Å². The van der Waals surface area contributed by atoms with Gasteiger partial charge >= 0.3 is 6.03 Å². The molecule has 2 aliphatic rings. The van der Waals surface area contributed by atoms with Crippen LogP contribution in [0.3, 0.4) is 0 Å². The maximum Gasteiger partial charge on any atom is 0.324 e. The first kappa shape index (κ1) is 24.2. The first-order valence-corrected chi connectivity index (χ1v) is 12.3. The summed E-state index contributed by atoms with van der Waals surface area (Å²) in [6.45, 7) is 6.75. The summed E-state index contributed by atoms with van der Waals surface area (Å²) < 4.78 is 11.5. The molecule has 34 heavy (non-hydrogen) atoms. The quantitative estimate of drug-likeness (QED) is 0.634. The zero-order valence-electron chi connectivity index (χ0n) is 19.8. The molecule has 0 saturated carbocycles. The van der Waals surface area contributed by atoms with Gasteiger partial charge in [0.1, 0.15) is 17.6 Å². The van der Waals surface area contributed by atoms with Crippen LogP contribution in [0.4, 0.5) is 10.5 Å². The minimum atomic E-state index is -0.104. The Morgan fingerprint density at radius 1 is 1.15 bits per heavy atom. The zero-order valence-corrected chi connectivity index (χ0v) is 20.5. The summed E-state index contributed by atoms with van der Waals surface area (Å²) >= 11 is 6.17. The molecule has 2 aliphatic heterocycles. The van der Waals surface area contributed by atoms with E-state index in [1.165, 1.54) is 0 Å². The van der Waals surface area contributed by atoms with E-state index in [-0.39, 0.29) is 24.0 Å². The molecule has 0 spiro atoms. The van der Waals surface area contributed by atoms with Crippen LogP contribution in [-0.4, -0.2) is 49.2 Å². The van der Waals surface area contributed by atoms with Crippen LogP contribution in [0, 0.1) is 5.92 Å². The van der Waals surface area contributed by atoms with Crippen molar-refractivity contribution in [1.29, 1.82) is 0 Å². The van der Waals surface area contributed by atoms with Gasteiger partial charge in [0.25, 0.3) is 0 Å². The fraction of sp³-hybridized carbons (Fsp3) is 0.462. The van der Waals surface area contributed by atoms with Gasteiger partial charge in [-0.25, -0.2) is 4.79 Å². The number of nitrogens with one attached hydrogen (secondary N) is 1. The summed E-state index contributed by atoms with van der Waals surface area (Å²) in [5.74, 6) is 1.45. The van der Waals surface area contributed by atoms with E-state index in [1.807, 2.05) is 36.1 Å². The molecule has 3 amide bonds. The molecular weight excluding hydrogens is 454 g/mol. The molecule has 1 saturated heterocycles. The van der Waals surface area contributed by atoms with Crippen LogP contribution in [-0.2, 0) is 11.3 Å². The summed E-state index contributed by atoms with van der Waals surface area (Å²) in [5, 5.41) is 3.60. The first-order chi connectivity index (χ1) is 16.4. The second-order valence-corrected chi connectivity index (χ2v) is 9.34. The fourth-order valence-corrected chi connectivity index (χ4v) is 4.52. The number of carbonyl (C=O) groups excluding carboxylic acids is 2. The van der Waals surface area contributed by atoms with Crippen molar-refractivity contribution in [2.24, 2.45) is 5.92 Å². The predicted octanol–water partition coefficient (Wildman–Crippen LogP) is 4.86. The molecule has 2 heterocycles. The number of rotatable bonds is 6. The molecule has 0 bridgehead atoms. The van der Waals surface area contributed by atoms with Crippen LogP contribution in [0.2, 0.25) is 5.02 Å². The number of hydrogen-bond donors (Lipinski definition) is 1. The molecule has 2 aromatic rings. The van der Waals surface area contributed by atoms with E-state index >= 15 is 0 Å². The zero-order chi connectivity index (χ0) is 24.1. The van der Waals surface area contributed by atoms with Crippen molar-refractivity contribution in [1.82, 2.24) is 10.2 Å². The second-order valence-electron chi connectivity index (χ2n) is 8.91. The van der Waals surface area contributed by atoms with Crippen LogP contribution in [0.15, 0.2) is 42.5 Å². The molecule has 4 rings (SSSR count). The minimum Gasteiger partial charge on any atom is -0.494 e. The molecule has 8 heteroatoms. The number of nitrogens with zero attached hydrogens (tertiary/aromatic N) is 2. The molecule has 1 N–H and O–H groups in total. The van der Waals surface area contributed by atoms with Gasteiger partial charge in [0.2, 0.25) is 5.91 Å². The number of urea groups is 1. The normalized spacial score (nSPS) is 18.1. The number of fused-ring (bicyclic) bond motifs is 1. The van der Waals surface area contributed by atoms with E-state index in [4.69, 9.17) is 21.1 Å². The number of likely N-dealkylation sites (tertiary alicyclic amines) is 1. The number of hydrogen-bond acceptors (Lipinski definition) is 4. The number of anilines is 1. The standard InChI is InChI=1S/C26H32ClN3O4/c1-3-14-33-22-7-4-19(5-8-22)16-28-25(31)20-10-12-29(13-11-20)26(32)30-17-18(2)34-24-9-6-21(27)15-23(24)30/h4-9,15,18,20H,3,10-14,16-17H2,1-2H3,(H,28,31)/t18-/m1/s1. The van der Waals surface area contributed by atoms with Gasteiger partial charge in [-0.2, -0.15) is 0 Å². The van der Waals surface area contributed by atoms with Crippen molar-refractivity contribution >= 4 is 29.2 Å². The Morgan fingerprint density at radius 2 is 1.88 bits per heavy atom. The molecule has 182 valence electrons. The number of amides is 3. The molecule has 1 atom stereocenters. The van der Waals surface area contributed by atoms with E-state index in [1.54, 1.807) is 23.1 Å². The van der Waals surface area contributed by atoms with E-state index in [0.717, 1.165) is 17.7 Å². The van der Waals surface area contributed by atoms with Crippen molar-refractivity contribution in [3.8, 4) is 11.5 Å². The summed E-state index contributed by atoms with van der Waals surface area (Å²) in [5.41, 5.74) is 1.73. The molecular formula is C26H32ClN3O4. The van der Waals surface area contributed by atoms with Crippen molar-refractivity contribution in [3.63, 3.8) is 0 Å². The van der Waals surface area contributed by atoms with Gasteiger partial charge in [0, 0.05) is 30.6 Å². The lowest BCUT2D eigenvalue weighted by Crippen LogP contribution is -2.52. The van der Waals surface area contributed by atoms with Crippen LogP contribution >= 0.6 is 11.6 Å². The fourth-order valence-electron chi connectivity index (χ4n) is 4.35. The third kappa shape index (κ3) is 5.76. The Hall–Kier alpha value is -2.93.